The molecular weight excluding hydrogens is 408 g/mol. The summed E-state index contributed by atoms with van der Waals surface area (Å²) in [5.41, 5.74) is 6.72. The quantitative estimate of drug-likeness (QED) is 0.398. The predicted molar refractivity (Wildman–Crippen MR) is 122 cm³/mol. The Bertz CT molecular complexity index is 1370. The summed E-state index contributed by atoms with van der Waals surface area (Å²) in [6, 6.07) is 20.0. The highest BCUT2D eigenvalue weighted by Crippen LogP contribution is 2.35. The van der Waals surface area contributed by atoms with Crippen LogP contribution in [0.3, 0.4) is 0 Å². The molecule has 7 heteroatoms. The van der Waals surface area contributed by atoms with Crippen molar-refractivity contribution in [2.75, 3.05) is 0 Å². The molecule has 0 aliphatic heterocycles. The zero-order valence-corrected chi connectivity index (χ0v) is 18.2. The molecule has 0 saturated carbocycles. The molecule has 0 fully saturated rings. The van der Waals surface area contributed by atoms with E-state index in [0.29, 0.717) is 5.02 Å². The third-order valence-corrected chi connectivity index (χ3v) is 5.87. The maximum atomic E-state index is 6.63. The van der Waals surface area contributed by atoms with E-state index in [-0.39, 0.29) is 6.04 Å². The minimum absolute atomic E-state index is 0.207. The maximum Gasteiger partial charge on any atom is 0.107 e. The lowest BCUT2D eigenvalue weighted by atomic mass is 10.0. The van der Waals surface area contributed by atoms with Crippen LogP contribution in [0.15, 0.2) is 66.9 Å². The van der Waals surface area contributed by atoms with Gasteiger partial charge in [-0.1, -0.05) is 53.2 Å². The van der Waals surface area contributed by atoms with Crippen LogP contribution in [0.2, 0.25) is 5.02 Å². The number of benzene rings is 2. The van der Waals surface area contributed by atoms with E-state index in [2.05, 4.69) is 44.1 Å². The molecule has 0 spiro atoms. The third-order valence-electron chi connectivity index (χ3n) is 5.55. The summed E-state index contributed by atoms with van der Waals surface area (Å²) in [6.07, 6.45) is 1.78. The molecular formula is C24H21ClN6. The van der Waals surface area contributed by atoms with Crippen molar-refractivity contribution < 1.29 is 0 Å². The fraction of sp³-hybridized carbons (Fsp3) is 0.167. The van der Waals surface area contributed by atoms with Gasteiger partial charge in [-0.05, 0) is 43.7 Å². The highest BCUT2D eigenvalue weighted by atomic mass is 35.5. The van der Waals surface area contributed by atoms with Crippen LogP contribution in [0.5, 0.6) is 0 Å². The molecule has 0 N–H and O–H groups in total. The van der Waals surface area contributed by atoms with Gasteiger partial charge >= 0.3 is 0 Å². The van der Waals surface area contributed by atoms with E-state index in [1.807, 2.05) is 57.3 Å². The summed E-state index contributed by atoms with van der Waals surface area (Å²) in [5, 5.41) is 8.99. The number of fused-ring (bicyclic) bond motifs is 1. The minimum atomic E-state index is -0.207. The fourth-order valence-electron chi connectivity index (χ4n) is 4.21. The van der Waals surface area contributed by atoms with Crippen molar-refractivity contribution in [2.24, 2.45) is 7.05 Å². The normalized spacial score (nSPS) is 12.4. The topological polar surface area (TPSA) is 61.4 Å². The number of rotatable bonds is 4. The fourth-order valence-corrected chi connectivity index (χ4v) is 4.43. The number of aromatic nitrogens is 6. The largest absolute Gasteiger partial charge is 0.315 e. The maximum absolute atomic E-state index is 6.63. The van der Waals surface area contributed by atoms with Crippen LogP contribution < -0.4 is 0 Å². The highest BCUT2D eigenvalue weighted by molar-refractivity contribution is 6.31. The lowest BCUT2D eigenvalue weighted by Gasteiger charge is -2.22. The molecule has 0 unspecified atom stereocenters. The molecule has 3 heterocycles. The number of aryl methyl sites for hydroxylation is 3. The Kier molecular flexibility index (Phi) is 4.79. The van der Waals surface area contributed by atoms with E-state index in [9.17, 15) is 0 Å². The van der Waals surface area contributed by atoms with Gasteiger partial charge in [0.15, 0.2) is 0 Å². The summed E-state index contributed by atoms with van der Waals surface area (Å²) < 4.78 is 4.01. The summed E-state index contributed by atoms with van der Waals surface area (Å²) in [4.78, 5) is 9.49. The molecule has 3 aromatic heterocycles. The van der Waals surface area contributed by atoms with Crippen molar-refractivity contribution in [1.82, 2.24) is 29.5 Å². The second-order valence-electron chi connectivity index (χ2n) is 7.56. The van der Waals surface area contributed by atoms with Gasteiger partial charge in [-0.2, -0.15) is 0 Å². The molecule has 1 atom stereocenters. The molecule has 31 heavy (non-hydrogen) atoms. The van der Waals surface area contributed by atoms with E-state index in [0.717, 1.165) is 45.1 Å². The molecule has 0 saturated heterocycles. The second-order valence-corrected chi connectivity index (χ2v) is 7.97. The molecule has 0 aliphatic rings. The summed E-state index contributed by atoms with van der Waals surface area (Å²) in [6.45, 7) is 3.98. The van der Waals surface area contributed by atoms with Gasteiger partial charge < -0.3 is 4.57 Å². The Hall–Kier alpha value is -3.51. The predicted octanol–water partition coefficient (Wildman–Crippen LogP) is 5.13. The van der Waals surface area contributed by atoms with Crippen LogP contribution >= 0.6 is 11.6 Å². The number of pyridine rings is 1. The molecule has 0 amide bonds. The third kappa shape index (κ3) is 3.29. The Labute approximate surface area is 185 Å². The van der Waals surface area contributed by atoms with Gasteiger partial charge in [0.05, 0.1) is 33.1 Å². The zero-order valence-electron chi connectivity index (χ0n) is 17.5. The average molecular weight is 429 g/mol. The van der Waals surface area contributed by atoms with Gasteiger partial charge in [0, 0.05) is 18.8 Å². The smallest absolute Gasteiger partial charge is 0.107 e. The Morgan fingerprint density at radius 3 is 2.48 bits per heavy atom. The van der Waals surface area contributed by atoms with E-state index in [1.165, 1.54) is 0 Å². The van der Waals surface area contributed by atoms with Gasteiger partial charge in [-0.25, -0.2) is 9.67 Å². The molecule has 5 rings (SSSR count). The van der Waals surface area contributed by atoms with Gasteiger partial charge in [-0.3, -0.25) is 4.98 Å². The van der Waals surface area contributed by atoms with Crippen LogP contribution in [-0.2, 0) is 7.05 Å². The SMILES string of the molecule is Cc1nnn(C)c1-c1ccc2nc(C)n([C@H](c3ccccc3)c3ncccc3Cl)c2c1. The number of halogens is 1. The summed E-state index contributed by atoms with van der Waals surface area (Å²) in [5.74, 6) is 0.891. The van der Waals surface area contributed by atoms with E-state index >= 15 is 0 Å². The first-order chi connectivity index (χ1) is 15.0. The number of hydrogen-bond donors (Lipinski definition) is 0. The Balaban J connectivity index is 1.79. The van der Waals surface area contributed by atoms with Crippen LogP contribution in [0, 0.1) is 13.8 Å². The molecule has 5 aromatic rings. The van der Waals surface area contributed by atoms with Crippen LogP contribution in [-0.4, -0.2) is 29.5 Å². The highest BCUT2D eigenvalue weighted by Gasteiger charge is 2.25. The lowest BCUT2D eigenvalue weighted by Crippen LogP contribution is -2.15. The lowest BCUT2D eigenvalue weighted by molar-refractivity contribution is 0.655. The van der Waals surface area contributed by atoms with Crippen molar-refractivity contribution >= 4 is 22.6 Å². The monoisotopic (exact) mass is 428 g/mol. The second kappa shape index (κ2) is 7.63. The van der Waals surface area contributed by atoms with Crippen LogP contribution in [0.25, 0.3) is 22.3 Å². The first kappa shape index (κ1) is 19.5. The number of hydrogen-bond acceptors (Lipinski definition) is 4. The van der Waals surface area contributed by atoms with Crippen molar-refractivity contribution in [2.45, 2.75) is 19.9 Å². The average Bonchev–Trinajstić information content (AvgIpc) is 3.28. The van der Waals surface area contributed by atoms with Gasteiger partial charge in [0.1, 0.15) is 11.9 Å². The van der Waals surface area contributed by atoms with Gasteiger partial charge in [0.25, 0.3) is 0 Å². The molecule has 0 radical (unpaired) electrons. The van der Waals surface area contributed by atoms with Crippen molar-refractivity contribution in [3.05, 3.63) is 94.7 Å². The first-order valence-electron chi connectivity index (χ1n) is 10.0. The van der Waals surface area contributed by atoms with E-state index < -0.39 is 0 Å². The molecule has 154 valence electrons. The molecule has 2 aromatic carbocycles. The van der Waals surface area contributed by atoms with Crippen LogP contribution in [0.1, 0.15) is 28.8 Å². The molecule has 0 bridgehead atoms. The molecule has 0 aliphatic carbocycles. The van der Waals surface area contributed by atoms with Gasteiger partial charge in [0.2, 0.25) is 0 Å². The van der Waals surface area contributed by atoms with E-state index in [4.69, 9.17) is 16.6 Å². The first-order valence-corrected chi connectivity index (χ1v) is 10.4. The van der Waals surface area contributed by atoms with E-state index in [1.54, 1.807) is 10.9 Å². The molecule has 6 nitrogen and oxygen atoms in total. The van der Waals surface area contributed by atoms with Crippen LogP contribution in [0.4, 0.5) is 0 Å². The minimum Gasteiger partial charge on any atom is -0.315 e. The van der Waals surface area contributed by atoms with Crippen molar-refractivity contribution in [3.63, 3.8) is 0 Å². The van der Waals surface area contributed by atoms with Gasteiger partial charge in [-0.15, -0.1) is 5.10 Å². The Morgan fingerprint density at radius 1 is 0.968 bits per heavy atom. The van der Waals surface area contributed by atoms with Crippen molar-refractivity contribution in [3.8, 4) is 11.3 Å². The Morgan fingerprint density at radius 2 is 1.77 bits per heavy atom. The summed E-state index contributed by atoms with van der Waals surface area (Å²) in [7, 11) is 1.91. The number of nitrogens with zero attached hydrogens (tertiary/aromatic N) is 6. The summed E-state index contributed by atoms with van der Waals surface area (Å²) >= 11 is 6.63. The zero-order chi connectivity index (χ0) is 21.5. The van der Waals surface area contributed by atoms with Crippen molar-refractivity contribution in [1.29, 1.82) is 0 Å². The standard InChI is InChI=1S/C24H21ClN6/c1-15-23(30(3)29-28-15)18-11-12-20-21(14-18)31(16(2)27-20)24(17-8-5-4-6-9-17)22-19(25)10-7-13-26-22/h4-14,24H,1-3H3/t24-/m1/s1. The number of imidazole rings is 1.